The van der Waals surface area contributed by atoms with E-state index < -0.39 is 0 Å². The fraction of sp³-hybridized carbons (Fsp3) is 0.111. The molecule has 6 nitrogen and oxygen atoms in total. The molecule has 0 radical (unpaired) electrons. The smallest absolute Gasteiger partial charge is 0.226 e. The molecule has 2 heterocycles. The van der Waals surface area contributed by atoms with Crippen molar-refractivity contribution in [3.05, 3.63) is 71.9 Å². The van der Waals surface area contributed by atoms with Gasteiger partial charge in [0.2, 0.25) is 11.0 Å². The highest BCUT2D eigenvalue weighted by Gasteiger charge is 2.15. The van der Waals surface area contributed by atoms with Gasteiger partial charge in [-0.25, -0.2) is 9.37 Å². The van der Waals surface area contributed by atoms with Crippen LogP contribution in [0.1, 0.15) is 11.5 Å². The Morgan fingerprint density at radius 2 is 1.96 bits per heavy atom. The maximum Gasteiger partial charge on any atom is 0.226 e. The summed E-state index contributed by atoms with van der Waals surface area (Å²) in [4.78, 5) is 4.57. The van der Waals surface area contributed by atoms with E-state index in [1.54, 1.807) is 12.1 Å². The van der Waals surface area contributed by atoms with Crippen LogP contribution in [0.4, 0.5) is 4.39 Å². The largest absolute Gasteiger partial charge is 0.441 e. The summed E-state index contributed by atoms with van der Waals surface area (Å²) in [6.07, 6.45) is 0. The van der Waals surface area contributed by atoms with Crippen molar-refractivity contribution < 1.29 is 8.81 Å². The summed E-state index contributed by atoms with van der Waals surface area (Å²) in [7, 11) is 0. The summed E-state index contributed by atoms with van der Waals surface area (Å²) < 4.78 is 20.7. The molecule has 8 heteroatoms. The molecule has 2 aromatic carbocycles. The van der Waals surface area contributed by atoms with Crippen LogP contribution in [0.5, 0.6) is 0 Å². The number of hydrogen-bond acceptors (Lipinski definition) is 6. The van der Waals surface area contributed by atoms with E-state index in [-0.39, 0.29) is 5.82 Å². The van der Waals surface area contributed by atoms with Gasteiger partial charge in [-0.05, 0) is 47.7 Å². The molecule has 4 rings (SSSR count). The van der Waals surface area contributed by atoms with Crippen LogP contribution in [0, 0.1) is 12.7 Å². The molecule has 0 amide bonds. The van der Waals surface area contributed by atoms with Crippen LogP contribution in [0.2, 0.25) is 0 Å². The second-order valence-electron chi connectivity index (χ2n) is 5.53. The van der Waals surface area contributed by atoms with Crippen LogP contribution in [0.15, 0.2) is 64.2 Å². The molecular weight excluding hydrogens is 353 g/mol. The number of tetrazole rings is 1. The number of rotatable bonds is 5. The molecule has 0 atom stereocenters. The third-order valence-electron chi connectivity index (χ3n) is 3.75. The minimum Gasteiger partial charge on any atom is -0.441 e. The molecule has 0 bridgehead atoms. The van der Waals surface area contributed by atoms with Crippen molar-refractivity contribution in [2.75, 3.05) is 0 Å². The average Bonchev–Trinajstić information content (AvgIpc) is 3.27. The second-order valence-corrected chi connectivity index (χ2v) is 6.47. The van der Waals surface area contributed by atoms with Gasteiger partial charge in [0.1, 0.15) is 11.6 Å². The van der Waals surface area contributed by atoms with Crippen molar-refractivity contribution in [3.8, 4) is 17.1 Å². The second kappa shape index (κ2) is 7.09. The van der Waals surface area contributed by atoms with Crippen LogP contribution >= 0.6 is 11.8 Å². The van der Waals surface area contributed by atoms with E-state index in [1.165, 1.54) is 28.6 Å². The molecular formula is C18H14FN5OS. The molecule has 0 aliphatic heterocycles. The van der Waals surface area contributed by atoms with E-state index in [1.807, 2.05) is 37.3 Å². The molecule has 0 spiro atoms. The molecule has 0 N–H and O–H groups in total. The number of halogens is 1. The highest BCUT2D eigenvalue weighted by atomic mass is 32.2. The number of nitrogens with zero attached hydrogens (tertiary/aromatic N) is 5. The number of benzene rings is 2. The number of thioether (sulfide) groups is 1. The van der Waals surface area contributed by atoms with Gasteiger partial charge >= 0.3 is 0 Å². The van der Waals surface area contributed by atoms with E-state index >= 15 is 0 Å². The lowest BCUT2D eigenvalue weighted by Crippen LogP contribution is -1.99. The lowest BCUT2D eigenvalue weighted by atomic mass is 10.2. The minimum absolute atomic E-state index is 0.339. The Bertz CT molecular complexity index is 1030. The molecule has 4 aromatic rings. The maximum atomic E-state index is 13.4. The Kier molecular flexibility index (Phi) is 4.49. The van der Waals surface area contributed by atoms with Crippen molar-refractivity contribution in [3.63, 3.8) is 0 Å². The summed E-state index contributed by atoms with van der Waals surface area (Å²) in [6.45, 7) is 1.88. The van der Waals surface area contributed by atoms with E-state index in [2.05, 4.69) is 20.5 Å². The van der Waals surface area contributed by atoms with E-state index in [0.29, 0.717) is 22.5 Å². The van der Waals surface area contributed by atoms with Crippen molar-refractivity contribution in [1.29, 1.82) is 0 Å². The van der Waals surface area contributed by atoms with Crippen LogP contribution in [0.3, 0.4) is 0 Å². The summed E-state index contributed by atoms with van der Waals surface area (Å²) in [5.74, 6) is 1.54. The van der Waals surface area contributed by atoms with Gasteiger partial charge in [0.25, 0.3) is 0 Å². The van der Waals surface area contributed by atoms with Gasteiger partial charge in [0.05, 0.1) is 11.4 Å². The van der Waals surface area contributed by atoms with Crippen LogP contribution in [-0.2, 0) is 5.75 Å². The zero-order chi connectivity index (χ0) is 17.9. The number of oxazole rings is 1. The summed E-state index contributed by atoms with van der Waals surface area (Å²) in [5.41, 5.74) is 2.32. The Labute approximate surface area is 153 Å². The minimum atomic E-state index is -0.339. The summed E-state index contributed by atoms with van der Waals surface area (Å²) in [6, 6.07) is 15.9. The third kappa shape index (κ3) is 3.36. The average molecular weight is 367 g/mol. The van der Waals surface area contributed by atoms with Crippen molar-refractivity contribution in [2.45, 2.75) is 17.8 Å². The van der Waals surface area contributed by atoms with Gasteiger partial charge in [-0.3, -0.25) is 0 Å². The standard InChI is InChI=1S/C18H14FN5OS/c1-12-16(20-17(25-12)13-6-3-2-4-7-13)11-26-18-21-22-23-24(18)15-9-5-8-14(19)10-15/h2-10H,11H2,1H3. The van der Waals surface area contributed by atoms with Gasteiger partial charge < -0.3 is 4.42 Å². The van der Waals surface area contributed by atoms with Crippen LogP contribution in [0.25, 0.3) is 17.1 Å². The Hall–Kier alpha value is -3.00. The molecule has 130 valence electrons. The molecule has 2 aromatic heterocycles. The Morgan fingerprint density at radius 1 is 1.12 bits per heavy atom. The first-order valence-electron chi connectivity index (χ1n) is 7.89. The molecule has 0 fully saturated rings. The number of hydrogen-bond donors (Lipinski definition) is 0. The van der Waals surface area contributed by atoms with Crippen LogP contribution < -0.4 is 0 Å². The van der Waals surface area contributed by atoms with E-state index in [4.69, 9.17) is 4.42 Å². The molecule has 0 aliphatic carbocycles. The van der Waals surface area contributed by atoms with E-state index in [0.717, 1.165) is 17.0 Å². The van der Waals surface area contributed by atoms with E-state index in [9.17, 15) is 4.39 Å². The monoisotopic (exact) mass is 367 g/mol. The Morgan fingerprint density at radius 3 is 2.77 bits per heavy atom. The predicted octanol–water partition coefficient (Wildman–Crippen LogP) is 4.06. The lowest BCUT2D eigenvalue weighted by Gasteiger charge is -2.03. The number of aryl methyl sites for hydroxylation is 1. The summed E-state index contributed by atoms with van der Waals surface area (Å²) in [5, 5.41) is 12.2. The molecule has 0 saturated heterocycles. The van der Waals surface area contributed by atoms with Gasteiger partial charge in [-0.2, -0.15) is 4.68 Å². The van der Waals surface area contributed by atoms with Crippen molar-refractivity contribution in [2.24, 2.45) is 0 Å². The maximum absolute atomic E-state index is 13.4. The topological polar surface area (TPSA) is 69.6 Å². The quantitative estimate of drug-likeness (QED) is 0.496. The fourth-order valence-electron chi connectivity index (χ4n) is 2.44. The third-order valence-corrected chi connectivity index (χ3v) is 4.68. The normalized spacial score (nSPS) is 11.0. The molecule has 0 aliphatic rings. The van der Waals surface area contributed by atoms with Gasteiger partial charge in [0.15, 0.2) is 0 Å². The zero-order valence-corrected chi connectivity index (χ0v) is 14.7. The highest BCUT2D eigenvalue weighted by molar-refractivity contribution is 7.98. The molecule has 0 saturated carbocycles. The SMILES string of the molecule is Cc1oc(-c2ccccc2)nc1CSc1nnnn1-c1cccc(F)c1. The first-order valence-corrected chi connectivity index (χ1v) is 8.88. The van der Waals surface area contributed by atoms with Gasteiger partial charge in [-0.15, -0.1) is 5.10 Å². The van der Waals surface area contributed by atoms with Crippen LogP contribution in [-0.4, -0.2) is 25.2 Å². The van der Waals surface area contributed by atoms with Crippen molar-refractivity contribution in [1.82, 2.24) is 25.2 Å². The first kappa shape index (κ1) is 16.5. The predicted molar refractivity (Wildman–Crippen MR) is 95.3 cm³/mol. The van der Waals surface area contributed by atoms with Gasteiger partial charge in [0, 0.05) is 11.3 Å². The first-order chi connectivity index (χ1) is 12.7. The Balaban J connectivity index is 1.54. The lowest BCUT2D eigenvalue weighted by molar-refractivity contribution is 0.540. The fourth-order valence-corrected chi connectivity index (χ4v) is 3.33. The summed E-state index contributed by atoms with van der Waals surface area (Å²) >= 11 is 1.41. The van der Waals surface area contributed by atoms with Gasteiger partial charge in [-0.1, -0.05) is 36.0 Å². The molecule has 26 heavy (non-hydrogen) atoms. The molecule has 0 unspecified atom stereocenters. The highest BCUT2D eigenvalue weighted by Crippen LogP contribution is 2.27. The van der Waals surface area contributed by atoms with Crippen molar-refractivity contribution >= 4 is 11.8 Å². The number of aromatic nitrogens is 5. The zero-order valence-electron chi connectivity index (χ0n) is 13.8.